The van der Waals surface area contributed by atoms with Gasteiger partial charge in [-0.25, -0.2) is 4.68 Å². The molecule has 0 saturated carbocycles. The third-order valence-electron chi connectivity index (χ3n) is 6.04. The normalized spacial score (nSPS) is 13.9. The summed E-state index contributed by atoms with van der Waals surface area (Å²) in [6, 6.07) is 16.1. The molecule has 10 nitrogen and oxygen atoms in total. The zero-order chi connectivity index (χ0) is 24.4. The summed E-state index contributed by atoms with van der Waals surface area (Å²) in [6.07, 6.45) is 1.72. The summed E-state index contributed by atoms with van der Waals surface area (Å²) in [6.45, 7) is 2.11. The summed E-state index contributed by atoms with van der Waals surface area (Å²) in [5.74, 6) is -0.0739. The van der Waals surface area contributed by atoms with Crippen molar-refractivity contribution < 1.29 is 4.79 Å². The van der Waals surface area contributed by atoms with Gasteiger partial charge in [-0.15, -0.1) is 5.10 Å². The average Bonchev–Trinajstić information content (AvgIpc) is 2.90. The number of para-hydroxylation sites is 1. The molecule has 5 rings (SSSR count). The Morgan fingerprint density at radius 1 is 0.914 bits per heavy atom. The third-order valence-corrected chi connectivity index (χ3v) is 6.40. The van der Waals surface area contributed by atoms with Crippen LogP contribution in [-0.2, 0) is 11.3 Å². The van der Waals surface area contributed by atoms with Crippen LogP contribution in [0.5, 0.6) is 0 Å². The summed E-state index contributed by atoms with van der Waals surface area (Å²) in [5, 5.41) is 12.9. The van der Waals surface area contributed by atoms with Gasteiger partial charge in [-0.2, -0.15) is 9.78 Å². The standard InChI is InChI=1S/C24H22ClN7O3/c25-22-20(16-26-32(24(22)35)17-6-2-1-3-7-17)29-12-14-30(15-13-29)21(33)10-11-31-23(34)18-8-4-5-9-19(18)27-28-31/h1-9,16H,10-15H2. The van der Waals surface area contributed by atoms with Gasteiger partial charge in [0.25, 0.3) is 11.1 Å². The zero-order valence-electron chi connectivity index (χ0n) is 18.7. The molecule has 2 aromatic heterocycles. The van der Waals surface area contributed by atoms with E-state index in [4.69, 9.17) is 11.6 Å². The maximum Gasteiger partial charge on any atom is 0.292 e. The molecule has 4 aromatic rings. The molecule has 35 heavy (non-hydrogen) atoms. The molecule has 1 saturated heterocycles. The van der Waals surface area contributed by atoms with Crippen molar-refractivity contribution >= 4 is 34.1 Å². The summed E-state index contributed by atoms with van der Waals surface area (Å²) < 4.78 is 2.49. The number of amides is 1. The monoisotopic (exact) mass is 491 g/mol. The molecule has 0 spiro atoms. The van der Waals surface area contributed by atoms with E-state index in [0.29, 0.717) is 48.5 Å². The lowest BCUT2D eigenvalue weighted by Gasteiger charge is -2.36. The van der Waals surface area contributed by atoms with Crippen LogP contribution in [-0.4, -0.2) is 61.8 Å². The summed E-state index contributed by atoms with van der Waals surface area (Å²) in [4.78, 5) is 41.8. The first-order chi connectivity index (χ1) is 17.0. The van der Waals surface area contributed by atoms with E-state index in [2.05, 4.69) is 15.4 Å². The van der Waals surface area contributed by atoms with Crippen LogP contribution < -0.4 is 16.0 Å². The van der Waals surface area contributed by atoms with Gasteiger partial charge in [-0.1, -0.05) is 47.1 Å². The number of hydrogen-bond donors (Lipinski definition) is 0. The molecule has 1 aliphatic rings. The number of anilines is 1. The van der Waals surface area contributed by atoms with E-state index in [-0.39, 0.29) is 29.5 Å². The van der Waals surface area contributed by atoms with Gasteiger partial charge < -0.3 is 9.80 Å². The lowest BCUT2D eigenvalue weighted by atomic mass is 10.2. The highest BCUT2D eigenvalue weighted by atomic mass is 35.5. The van der Waals surface area contributed by atoms with Crippen molar-refractivity contribution in [2.45, 2.75) is 13.0 Å². The minimum atomic E-state index is -0.393. The van der Waals surface area contributed by atoms with Crippen molar-refractivity contribution in [1.29, 1.82) is 0 Å². The number of fused-ring (bicyclic) bond motifs is 1. The third kappa shape index (κ3) is 4.52. The molecule has 1 aliphatic heterocycles. The van der Waals surface area contributed by atoms with Crippen molar-refractivity contribution in [2.75, 3.05) is 31.1 Å². The SMILES string of the molecule is O=C(CCn1nnc2ccccc2c1=O)N1CCN(c2cnn(-c3ccccc3)c(=O)c2Cl)CC1. The number of halogens is 1. The Labute approximate surface area is 205 Å². The van der Waals surface area contributed by atoms with Crippen molar-refractivity contribution in [3.8, 4) is 5.69 Å². The van der Waals surface area contributed by atoms with Gasteiger partial charge >= 0.3 is 0 Å². The lowest BCUT2D eigenvalue weighted by molar-refractivity contribution is -0.131. The fourth-order valence-electron chi connectivity index (χ4n) is 4.12. The van der Waals surface area contributed by atoms with Crippen LogP contribution in [0.2, 0.25) is 5.02 Å². The number of carbonyl (C=O) groups is 1. The lowest BCUT2D eigenvalue weighted by Crippen LogP contribution is -2.49. The Bertz CT molecular complexity index is 1490. The molecular formula is C24H22ClN7O3. The van der Waals surface area contributed by atoms with Crippen LogP contribution in [0.25, 0.3) is 16.6 Å². The Balaban J connectivity index is 1.22. The van der Waals surface area contributed by atoms with Gasteiger partial charge in [0.05, 0.1) is 29.5 Å². The van der Waals surface area contributed by atoms with Gasteiger partial charge in [0, 0.05) is 32.6 Å². The van der Waals surface area contributed by atoms with Crippen LogP contribution in [0.1, 0.15) is 6.42 Å². The number of aromatic nitrogens is 5. The van der Waals surface area contributed by atoms with E-state index < -0.39 is 5.56 Å². The second kappa shape index (κ2) is 9.67. The predicted octanol–water partition coefficient (Wildman–Crippen LogP) is 1.73. The van der Waals surface area contributed by atoms with Crippen LogP contribution in [0.15, 0.2) is 70.4 Å². The Hall–Kier alpha value is -4.05. The summed E-state index contributed by atoms with van der Waals surface area (Å²) in [7, 11) is 0. The van der Waals surface area contributed by atoms with E-state index in [9.17, 15) is 14.4 Å². The fraction of sp³-hybridized carbons (Fsp3) is 0.250. The summed E-state index contributed by atoms with van der Waals surface area (Å²) >= 11 is 6.41. The first-order valence-corrected chi connectivity index (χ1v) is 11.6. The van der Waals surface area contributed by atoms with Gasteiger partial charge in [0.15, 0.2) is 0 Å². The van der Waals surface area contributed by atoms with Crippen molar-refractivity contribution in [3.05, 3.63) is 86.5 Å². The van der Waals surface area contributed by atoms with E-state index in [1.807, 2.05) is 23.1 Å². The van der Waals surface area contributed by atoms with E-state index in [0.717, 1.165) is 0 Å². The Kier molecular flexibility index (Phi) is 6.28. The molecule has 0 atom stereocenters. The number of aryl methyl sites for hydroxylation is 1. The number of rotatable bonds is 5. The largest absolute Gasteiger partial charge is 0.365 e. The van der Waals surface area contributed by atoms with Gasteiger partial charge in [-0.05, 0) is 24.3 Å². The van der Waals surface area contributed by atoms with Gasteiger partial charge in [-0.3, -0.25) is 14.4 Å². The number of piperazine rings is 1. The second-order valence-corrected chi connectivity index (χ2v) is 8.53. The smallest absolute Gasteiger partial charge is 0.292 e. The first-order valence-electron chi connectivity index (χ1n) is 11.2. The molecular weight excluding hydrogens is 470 g/mol. The molecule has 3 heterocycles. The number of benzene rings is 2. The molecule has 0 aliphatic carbocycles. The van der Waals surface area contributed by atoms with Crippen LogP contribution in [0, 0.1) is 0 Å². The minimum absolute atomic E-state index is 0.0739. The quantitative estimate of drug-likeness (QED) is 0.418. The number of nitrogens with zero attached hydrogens (tertiary/aromatic N) is 7. The number of carbonyl (C=O) groups excluding carboxylic acids is 1. The molecule has 1 fully saturated rings. The van der Waals surface area contributed by atoms with Crippen LogP contribution in [0.3, 0.4) is 0 Å². The number of hydrogen-bond acceptors (Lipinski definition) is 7. The molecule has 0 bridgehead atoms. The maximum absolute atomic E-state index is 12.8. The van der Waals surface area contributed by atoms with Crippen LogP contribution in [0.4, 0.5) is 5.69 Å². The minimum Gasteiger partial charge on any atom is -0.365 e. The topological polar surface area (TPSA) is 106 Å². The zero-order valence-corrected chi connectivity index (χ0v) is 19.5. The van der Waals surface area contributed by atoms with E-state index in [1.165, 1.54) is 9.36 Å². The summed E-state index contributed by atoms with van der Waals surface area (Å²) in [5.41, 5.74) is 1.06. The van der Waals surface area contributed by atoms with Gasteiger partial charge in [0.2, 0.25) is 5.91 Å². The van der Waals surface area contributed by atoms with E-state index >= 15 is 0 Å². The van der Waals surface area contributed by atoms with Crippen molar-refractivity contribution in [3.63, 3.8) is 0 Å². The highest BCUT2D eigenvalue weighted by molar-refractivity contribution is 6.33. The second-order valence-electron chi connectivity index (χ2n) is 8.15. The molecule has 178 valence electrons. The fourth-order valence-corrected chi connectivity index (χ4v) is 4.37. The van der Waals surface area contributed by atoms with Crippen LogP contribution >= 0.6 is 11.6 Å². The molecule has 0 radical (unpaired) electrons. The average molecular weight is 492 g/mol. The Morgan fingerprint density at radius 3 is 2.40 bits per heavy atom. The molecule has 2 aromatic carbocycles. The van der Waals surface area contributed by atoms with Crippen molar-refractivity contribution in [2.24, 2.45) is 0 Å². The van der Waals surface area contributed by atoms with Crippen molar-refractivity contribution in [1.82, 2.24) is 29.7 Å². The first kappa shape index (κ1) is 22.7. The molecule has 1 amide bonds. The maximum atomic E-state index is 12.8. The highest BCUT2D eigenvalue weighted by Crippen LogP contribution is 2.23. The Morgan fingerprint density at radius 2 is 1.63 bits per heavy atom. The van der Waals surface area contributed by atoms with Gasteiger partial charge in [0.1, 0.15) is 10.5 Å². The molecule has 0 unspecified atom stereocenters. The highest BCUT2D eigenvalue weighted by Gasteiger charge is 2.24. The molecule has 0 N–H and O–H groups in total. The predicted molar refractivity (Wildman–Crippen MR) is 132 cm³/mol. The van der Waals surface area contributed by atoms with E-state index in [1.54, 1.807) is 47.5 Å². The molecule has 11 heteroatoms.